The Morgan fingerprint density at radius 1 is 1.22 bits per heavy atom. The summed E-state index contributed by atoms with van der Waals surface area (Å²) in [5, 5.41) is 9.72. The van der Waals surface area contributed by atoms with Gasteiger partial charge in [0.2, 0.25) is 0 Å². The summed E-state index contributed by atoms with van der Waals surface area (Å²) < 4.78 is 34.2. The van der Waals surface area contributed by atoms with Crippen molar-refractivity contribution in [2.45, 2.75) is 30.9 Å². The molecule has 3 rings (SSSR count). The van der Waals surface area contributed by atoms with Crippen LogP contribution in [0.1, 0.15) is 24.2 Å². The number of sulfonamides is 1. The predicted molar refractivity (Wildman–Crippen MR) is 123 cm³/mol. The third-order valence-electron chi connectivity index (χ3n) is 5.52. The normalized spacial score (nSPS) is 20.2. The van der Waals surface area contributed by atoms with Gasteiger partial charge in [0.25, 0.3) is 15.9 Å². The lowest BCUT2D eigenvalue weighted by atomic mass is 9.99. The van der Waals surface area contributed by atoms with Gasteiger partial charge >= 0.3 is 0 Å². The van der Waals surface area contributed by atoms with Crippen LogP contribution >= 0.6 is 0 Å². The van der Waals surface area contributed by atoms with E-state index in [-0.39, 0.29) is 46.7 Å². The van der Waals surface area contributed by atoms with Crippen LogP contribution in [-0.4, -0.2) is 75.2 Å². The Bertz CT molecular complexity index is 1040. The number of likely N-dealkylation sites (N-methyl/N-ethyl adjacent to an activating group) is 1. The average molecular weight is 462 g/mol. The van der Waals surface area contributed by atoms with E-state index in [0.717, 1.165) is 0 Å². The van der Waals surface area contributed by atoms with Crippen LogP contribution in [0.3, 0.4) is 0 Å². The van der Waals surface area contributed by atoms with Crippen LogP contribution in [0.15, 0.2) is 53.4 Å². The van der Waals surface area contributed by atoms with E-state index in [2.05, 4.69) is 4.72 Å². The van der Waals surface area contributed by atoms with Crippen LogP contribution in [0.5, 0.6) is 5.75 Å². The molecule has 2 aromatic rings. The molecular weight excluding hydrogens is 430 g/mol. The molecule has 1 aliphatic rings. The number of anilines is 1. The molecule has 1 amide bonds. The molecule has 1 heterocycles. The van der Waals surface area contributed by atoms with Crippen molar-refractivity contribution in [1.82, 2.24) is 9.80 Å². The fourth-order valence-corrected chi connectivity index (χ4v) is 4.75. The smallest absolute Gasteiger partial charge is 0.261 e. The molecule has 0 unspecified atom stereocenters. The van der Waals surface area contributed by atoms with Crippen LogP contribution in [0.2, 0.25) is 0 Å². The third kappa shape index (κ3) is 5.40. The van der Waals surface area contributed by atoms with Crippen molar-refractivity contribution >= 4 is 21.6 Å². The van der Waals surface area contributed by atoms with E-state index in [9.17, 15) is 18.3 Å². The average Bonchev–Trinajstić information content (AvgIpc) is 2.76. The van der Waals surface area contributed by atoms with Gasteiger partial charge in [0, 0.05) is 24.7 Å². The number of hydrogen-bond donors (Lipinski definition) is 2. The highest BCUT2D eigenvalue weighted by molar-refractivity contribution is 7.92. The first-order chi connectivity index (χ1) is 15.1. The zero-order valence-corrected chi connectivity index (χ0v) is 19.7. The molecule has 0 aliphatic carbocycles. The number of nitrogens with one attached hydrogen (secondary N) is 1. The minimum Gasteiger partial charge on any atom is -0.488 e. The fraction of sp³-hybridized carbons (Fsp3) is 0.435. The molecule has 0 saturated heterocycles. The van der Waals surface area contributed by atoms with Gasteiger partial charge in [-0.2, -0.15) is 0 Å². The Kier molecular flexibility index (Phi) is 7.43. The predicted octanol–water partition coefficient (Wildman–Crippen LogP) is 2.27. The standard InChI is InChI=1S/C23H31N3O5S/c1-16-13-26(17(2)15-27)23(28)20-12-18(10-11-21(20)31-22(16)14-25(3)4)24-32(29,30)19-8-6-5-7-9-19/h5-12,16-17,22,24,27H,13-15H2,1-4H3/t16-,17+,22-/m0/s1. The molecular formula is C23H31N3O5S. The lowest BCUT2D eigenvalue weighted by molar-refractivity contribution is 0.0363. The van der Waals surface area contributed by atoms with Gasteiger partial charge in [-0.3, -0.25) is 9.52 Å². The lowest BCUT2D eigenvalue weighted by Crippen LogP contribution is -2.49. The minimum atomic E-state index is -3.81. The summed E-state index contributed by atoms with van der Waals surface area (Å²) in [7, 11) is 0.104. The Morgan fingerprint density at radius 3 is 2.53 bits per heavy atom. The number of rotatable bonds is 7. The van der Waals surface area contributed by atoms with E-state index in [1.807, 2.05) is 25.9 Å². The molecule has 3 atom stereocenters. The van der Waals surface area contributed by atoms with E-state index in [4.69, 9.17) is 4.74 Å². The fourth-order valence-electron chi connectivity index (χ4n) is 3.68. The molecule has 174 valence electrons. The number of carbonyl (C=O) groups excluding carboxylic acids is 1. The maximum absolute atomic E-state index is 13.4. The van der Waals surface area contributed by atoms with Gasteiger partial charge < -0.3 is 19.6 Å². The largest absolute Gasteiger partial charge is 0.488 e. The van der Waals surface area contributed by atoms with Crippen molar-refractivity contribution in [2.24, 2.45) is 5.92 Å². The summed E-state index contributed by atoms with van der Waals surface area (Å²) in [6, 6.07) is 12.4. The van der Waals surface area contributed by atoms with Gasteiger partial charge in [-0.25, -0.2) is 8.42 Å². The molecule has 0 aromatic heterocycles. The van der Waals surface area contributed by atoms with Crippen molar-refractivity contribution in [2.75, 3.05) is 38.5 Å². The first-order valence-corrected chi connectivity index (χ1v) is 12.1. The summed E-state index contributed by atoms with van der Waals surface area (Å²) in [4.78, 5) is 17.2. The number of hydrogen-bond acceptors (Lipinski definition) is 6. The first kappa shape index (κ1) is 24.0. The van der Waals surface area contributed by atoms with E-state index in [1.165, 1.54) is 18.2 Å². The van der Waals surface area contributed by atoms with Crippen LogP contribution in [0.25, 0.3) is 0 Å². The van der Waals surface area contributed by atoms with E-state index < -0.39 is 10.0 Å². The Labute approximate surface area is 189 Å². The van der Waals surface area contributed by atoms with Crippen molar-refractivity contribution < 1.29 is 23.1 Å². The zero-order valence-electron chi connectivity index (χ0n) is 18.9. The number of aliphatic hydroxyl groups is 1. The molecule has 0 spiro atoms. The molecule has 2 N–H and O–H groups in total. The number of benzene rings is 2. The maximum Gasteiger partial charge on any atom is 0.261 e. The SMILES string of the molecule is C[C@H](CO)N1C[C@H](C)[C@H](CN(C)C)Oc2ccc(NS(=O)(=O)c3ccccc3)cc2C1=O. The van der Waals surface area contributed by atoms with Gasteiger partial charge in [-0.05, 0) is 51.4 Å². The molecule has 0 fully saturated rings. The van der Waals surface area contributed by atoms with Crippen molar-refractivity contribution in [1.29, 1.82) is 0 Å². The molecule has 8 nitrogen and oxygen atoms in total. The van der Waals surface area contributed by atoms with Gasteiger partial charge in [-0.1, -0.05) is 25.1 Å². The monoisotopic (exact) mass is 461 g/mol. The molecule has 9 heteroatoms. The second-order valence-corrected chi connectivity index (χ2v) is 10.2. The van der Waals surface area contributed by atoms with Gasteiger partial charge in [0.05, 0.1) is 23.1 Å². The molecule has 1 aliphatic heterocycles. The topological polar surface area (TPSA) is 99.2 Å². The lowest BCUT2D eigenvalue weighted by Gasteiger charge is -2.37. The van der Waals surface area contributed by atoms with E-state index in [1.54, 1.807) is 42.2 Å². The van der Waals surface area contributed by atoms with Crippen LogP contribution in [-0.2, 0) is 10.0 Å². The molecule has 0 saturated carbocycles. The number of amides is 1. The van der Waals surface area contributed by atoms with Crippen molar-refractivity contribution in [3.05, 3.63) is 54.1 Å². The van der Waals surface area contributed by atoms with Gasteiger partial charge in [0.15, 0.2) is 0 Å². The summed E-state index contributed by atoms with van der Waals surface area (Å²) in [5.74, 6) is 0.114. The molecule has 32 heavy (non-hydrogen) atoms. The minimum absolute atomic E-state index is 0.0276. The Morgan fingerprint density at radius 2 is 1.91 bits per heavy atom. The highest BCUT2D eigenvalue weighted by atomic mass is 32.2. The number of aliphatic hydroxyl groups excluding tert-OH is 1. The van der Waals surface area contributed by atoms with Gasteiger partial charge in [0.1, 0.15) is 11.9 Å². The van der Waals surface area contributed by atoms with Crippen LogP contribution < -0.4 is 9.46 Å². The summed E-state index contributed by atoms with van der Waals surface area (Å²) >= 11 is 0. The van der Waals surface area contributed by atoms with Crippen LogP contribution in [0, 0.1) is 5.92 Å². The van der Waals surface area contributed by atoms with E-state index >= 15 is 0 Å². The van der Waals surface area contributed by atoms with E-state index in [0.29, 0.717) is 18.8 Å². The molecule has 0 bridgehead atoms. The highest BCUT2D eigenvalue weighted by Gasteiger charge is 2.33. The number of nitrogens with zero attached hydrogens (tertiary/aromatic N) is 2. The molecule has 2 aromatic carbocycles. The second-order valence-electron chi connectivity index (χ2n) is 8.51. The maximum atomic E-state index is 13.4. The third-order valence-corrected chi connectivity index (χ3v) is 6.91. The molecule has 0 radical (unpaired) electrons. The van der Waals surface area contributed by atoms with Crippen LogP contribution in [0.4, 0.5) is 5.69 Å². The first-order valence-electron chi connectivity index (χ1n) is 10.6. The zero-order chi connectivity index (χ0) is 23.5. The summed E-state index contributed by atoms with van der Waals surface area (Å²) in [5.41, 5.74) is 0.521. The number of fused-ring (bicyclic) bond motifs is 1. The number of carbonyl (C=O) groups is 1. The van der Waals surface area contributed by atoms with Crippen molar-refractivity contribution in [3.63, 3.8) is 0 Å². The summed E-state index contributed by atoms with van der Waals surface area (Å²) in [6.45, 7) is 4.70. The van der Waals surface area contributed by atoms with Crippen molar-refractivity contribution in [3.8, 4) is 5.75 Å². The number of ether oxygens (including phenoxy) is 1. The Hall–Kier alpha value is -2.62. The Balaban J connectivity index is 2.00. The highest BCUT2D eigenvalue weighted by Crippen LogP contribution is 2.31. The summed E-state index contributed by atoms with van der Waals surface area (Å²) in [6.07, 6.45) is -0.183. The second kappa shape index (κ2) is 9.89. The van der Waals surface area contributed by atoms with Gasteiger partial charge in [-0.15, -0.1) is 0 Å². The quantitative estimate of drug-likeness (QED) is 0.656.